The van der Waals surface area contributed by atoms with Crippen molar-refractivity contribution in [2.75, 3.05) is 0 Å². The van der Waals surface area contributed by atoms with E-state index in [0.29, 0.717) is 15.8 Å². The molecule has 0 nitrogen and oxygen atoms in total. The fraction of sp³-hybridized carbons (Fsp3) is 1.00. The Morgan fingerprint density at radius 1 is 0.450 bits per heavy atom. The zero-order valence-corrected chi connectivity index (χ0v) is 31.8. The van der Waals surface area contributed by atoms with Crippen molar-refractivity contribution in [2.24, 2.45) is 5.92 Å². The van der Waals surface area contributed by atoms with E-state index in [0.717, 1.165) is 5.92 Å². The molecule has 40 heavy (non-hydrogen) atoms. The van der Waals surface area contributed by atoms with Gasteiger partial charge in [0.25, 0.3) is 0 Å². The third-order valence-corrected chi connectivity index (χ3v) is 19.5. The van der Waals surface area contributed by atoms with Crippen molar-refractivity contribution in [3.05, 3.63) is 0 Å². The molecule has 0 saturated heterocycles. The summed E-state index contributed by atoms with van der Waals surface area (Å²) < 4.78 is 0. The van der Waals surface area contributed by atoms with Gasteiger partial charge < -0.3 is 0 Å². The van der Waals surface area contributed by atoms with E-state index in [2.05, 4.69) is 20.8 Å². The van der Waals surface area contributed by atoms with Crippen LogP contribution in [0.5, 0.6) is 0 Å². The molecule has 238 valence electrons. The van der Waals surface area contributed by atoms with Crippen LogP contribution in [-0.4, -0.2) is 34.0 Å². The summed E-state index contributed by atoms with van der Waals surface area (Å²) in [5.41, 5.74) is 7.26. The third-order valence-electron chi connectivity index (χ3n) is 11.3. The molecule has 6 aliphatic rings. The molecule has 0 radical (unpaired) electrons. The maximum atomic E-state index is 4.85. The van der Waals surface area contributed by atoms with E-state index in [1.165, 1.54) is 40.4 Å². The van der Waals surface area contributed by atoms with E-state index < -0.39 is 0 Å². The second-order valence-corrected chi connectivity index (χ2v) is 23.2. The molecular formula is C35H66Cl2P2Ru. The number of hydrogen-bond acceptors (Lipinski definition) is 0. The predicted octanol–water partition coefficient (Wildman–Crippen LogP) is 14.0. The van der Waals surface area contributed by atoms with Crippen LogP contribution in [0.4, 0.5) is 0 Å². The molecule has 0 aromatic carbocycles. The summed E-state index contributed by atoms with van der Waals surface area (Å²) in [7, 11) is 10.6. The Labute approximate surface area is 270 Å². The second kappa shape index (κ2) is 21.7. The molecule has 6 aliphatic carbocycles. The van der Waals surface area contributed by atoms with Crippen molar-refractivity contribution >= 4 is 35.2 Å². The van der Waals surface area contributed by atoms with Crippen LogP contribution in [0.3, 0.4) is 0 Å². The normalized spacial score (nSPS) is 25.6. The molecule has 0 bridgehead atoms. The van der Waals surface area contributed by atoms with Gasteiger partial charge in [-0.3, -0.25) is 0 Å². The van der Waals surface area contributed by atoms with Gasteiger partial charge in [0, 0.05) is 0 Å². The quantitative estimate of drug-likeness (QED) is 0.181. The average Bonchev–Trinajstić information content (AvgIpc) is 3.82. The zero-order chi connectivity index (χ0) is 28.6. The summed E-state index contributed by atoms with van der Waals surface area (Å²) in [6, 6.07) is 0. The molecule has 0 unspecified atom stereocenters. The van der Waals surface area contributed by atoms with Crippen molar-refractivity contribution in [1.29, 1.82) is 0 Å². The molecule has 0 aromatic heterocycles. The number of halogens is 2. The fourth-order valence-corrected chi connectivity index (χ4v) is 18.3. The molecule has 0 N–H and O–H groups in total. The van der Waals surface area contributed by atoms with Gasteiger partial charge >= 0.3 is 34.5 Å². The van der Waals surface area contributed by atoms with E-state index in [1.807, 2.05) is 0 Å². The van der Waals surface area contributed by atoms with Crippen molar-refractivity contribution < 1.29 is 15.1 Å². The van der Waals surface area contributed by atoms with E-state index in [4.69, 9.17) is 19.4 Å². The van der Waals surface area contributed by atoms with Gasteiger partial charge in [0.05, 0.1) is 0 Å². The van der Waals surface area contributed by atoms with Gasteiger partial charge in [-0.1, -0.05) is 120 Å². The number of rotatable bonds is 7. The van der Waals surface area contributed by atoms with Crippen LogP contribution >= 0.6 is 35.2 Å². The molecule has 6 fully saturated rings. The molecule has 6 rings (SSSR count). The summed E-state index contributed by atoms with van der Waals surface area (Å²) >= 11 is -0.346. The van der Waals surface area contributed by atoms with Crippen LogP contribution in [-0.2, 0) is 15.1 Å². The Kier molecular flexibility index (Phi) is 19.9. The first kappa shape index (κ1) is 36.5. The molecule has 0 aromatic rings. The van der Waals surface area contributed by atoms with Gasteiger partial charge in [0.1, 0.15) is 0 Å². The predicted molar refractivity (Wildman–Crippen MR) is 184 cm³/mol. The summed E-state index contributed by atoms with van der Waals surface area (Å²) in [4.78, 5) is 0. The monoisotopic (exact) mass is 720 g/mol. The van der Waals surface area contributed by atoms with Crippen LogP contribution in [0.25, 0.3) is 0 Å². The summed E-state index contributed by atoms with van der Waals surface area (Å²) in [6.45, 7) is 6.64. The second-order valence-electron chi connectivity index (χ2n) is 14.4. The molecule has 0 amide bonds. The third kappa shape index (κ3) is 12.5. The summed E-state index contributed by atoms with van der Waals surface area (Å²) in [5, 5.41) is 0. The zero-order valence-electron chi connectivity index (χ0n) is 26.7. The van der Waals surface area contributed by atoms with Gasteiger partial charge in [-0.15, -0.1) is 0 Å². The Balaban J connectivity index is 0.000000175. The van der Waals surface area contributed by atoms with Crippen LogP contribution in [0.15, 0.2) is 0 Å². The maximum absolute atomic E-state index is 4.85. The first-order valence-corrected chi connectivity index (χ1v) is 25.6. The Hall–Kier alpha value is 2.06. The minimum absolute atomic E-state index is 0.346. The minimum atomic E-state index is -0.346. The Bertz CT molecular complexity index is 474. The van der Waals surface area contributed by atoms with Crippen molar-refractivity contribution in [3.8, 4) is 0 Å². The molecule has 5 heteroatoms. The Morgan fingerprint density at radius 2 is 0.575 bits per heavy atom. The molecule has 0 spiro atoms. The van der Waals surface area contributed by atoms with E-state index in [-0.39, 0.29) is 15.1 Å². The average molecular weight is 721 g/mol. The summed E-state index contributed by atoms with van der Waals surface area (Å²) in [6.07, 6.45) is 39.3. The fourth-order valence-electron chi connectivity index (χ4n) is 9.00. The topological polar surface area (TPSA) is 0 Å². The molecule has 0 atom stereocenters. The molecule has 6 saturated carbocycles. The molecular weight excluding hydrogens is 654 g/mol. The van der Waals surface area contributed by atoms with Crippen molar-refractivity contribution in [2.45, 2.75) is 215 Å². The van der Waals surface area contributed by atoms with Crippen LogP contribution in [0, 0.1) is 5.92 Å². The van der Waals surface area contributed by atoms with Crippen LogP contribution in [0.2, 0.25) is 0 Å². The first-order chi connectivity index (χ1) is 19.6. The van der Waals surface area contributed by atoms with Gasteiger partial charge in [-0.05, 0) is 117 Å². The van der Waals surface area contributed by atoms with E-state index >= 15 is 0 Å². The van der Waals surface area contributed by atoms with Gasteiger partial charge in [-0.25, -0.2) is 0 Å². The number of hydrogen-bond donors (Lipinski definition) is 0. The van der Waals surface area contributed by atoms with Crippen molar-refractivity contribution in [1.82, 2.24) is 0 Å². The van der Waals surface area contributed by atoms with Crippen molar-refractivity contribution in [3.63, 3.8) is 0 Å². The van der Waals surface area contributed by atoms with E-state index in [9.17, 15) is 0 Å². The summed E-state index contributed by atoms with van der Waals surface area (Å²) in [5.74, 6) is 0.884. The van der Waals surface area contributed by atoms with Gasteiger partial charge in [-0.2, -0.15) is 0 Å². The SMILES string of the molecule is C1CCC(P(C2CCCC2)C2CCCC2)C1.C1CCC(P(C2CCCC2)C2CCCC2)C1.CCC(C)C.[Cl][Ru][Cl]. The first-order valence-electron chi connectivity index (χ1n) is 18.0. The van der Waals surface area contributed by atoms with Crippen LogP contribution in [0.1, 0.15) is 181 Å². The van der Waals surface area contributed by atoms with Gasteiger partial charge in [0.2, 0.25) is 0 Å². The van der Waals surface area contributed by atoms with E-state index in [1.54, 1.807) is 154 Å². The standard InChI is InChI=1S/2C15H27P.C5H12.2ClH.Ru/c2*1-2-8-13(7-1)16(14-9-3-4-10-14)15-11-5-6-12-15;1-4-5(2)3;;;/h2*13-15H,1-12H2;5H,4H2,1-3H3;2*1H;/q;;;;;+2/p-2. The van der Waals surface area contributed by atoms with Gasteiger partial charge in [0.15, 0.2) is 0 Å². The van der Waals surface area contributed by atoms with Crippen LogP contribution < -0.4 is 0 Å². The molecule has 0 heterocycles. The molecule has 0 aliphatic heterocycles. The Morgan fingerprint density at radius 3 is 0.675 bits per heavy atom.